The van der Waals surface area contributed by atoms with E-state index in [1.165, 1.54) is 10.5 Å². The van der Waals surface area contributed by atoms with Gasteiger partial charge in [-0.15, -0.1) is 0 Å². The second-order valence-electron chi connectivity index (χ2n) is 6.06. The van der Waals surface area contributed by atoms with Gasteiger partial charge in [0.2, 0.25) is 0 Å². The van der Waals surface area contributed by atoms with Crippen LogP contribution in [0, 0.1) is 0 Å². The molecule has 1 saturated heterocycles. The summed E-state index contributed by atoms with van der Waals surface area (Å²) in [6.07, 6.45) is 5.00. The first-order chi connectivity index (χ1) is 12.6. The number of carbonyl (C=O) groups is 2. The Bertz CT molecular complexity index is 843. The van der Waals surface area contributed by atoms with Gasteiger partial charge in [0.25, 0.3) is 11.1 Å². The summed E-state index contributed by atoms with van der Waals surface area (Å²) in [5.74, 6) is 0.421. The molecule has 0 atom stereocenters. The summed E-state index contributed by atoms with van der Waals surface area (Å²) >= 11 is 0.961. The third-order valence-electron chi connectivity index (χ3n) is 4.20. The molecule has 26 heavy (non-hydrogen) atoms. The Labute approximate surface area is 157 Å². The number of amides is 2. The number of imide groups is 1. The van der Waals surface area contributed by atoms with E-state index in [-0.39, 0.29) is 11.1 Å². The summed E-state index contributed by atoms with van der Waals surface area (Å²) in [4.78, 5) is 26.7. The van der Waals surface area contributed by atoms with Crippen LogP contribution in [-0.4, -0.2) is 18.3 Å². The first-order valence-electron chi connectivity index (χ1n) is 8.63. The first-order valence-corrected chi connectivity index (χ1v) is 9.45. The molecule has 0 unspecified atom stereocenters. The van der Waals surface area contributed by atoms with Crippen molar-refractivity contribution in [2.24, 2.45) is 0 Å². The summed E-state index contributed by atoms with van der Waals surface area (Å²) in [7, 11) is 1.59. The largest absolute Gasteiger partial charge is 0.497 e. The predicted octanol–water partition coefficient (Wildman–Crippen LogP) is 5.28. The number of thioether (sulfide) groups is 1. The molecule has 1 aliphatic rings. The second-order valence-corrected chi connectivity index (χ2v) is 7.06. The third kappa shape index (κ3) is 3.99. The maximum atomic E-state index is 12.7. The highest BCUT2D eigenvalue weighted by molar-refractivity contribution is 8.19. The van der Waals surface area contributed by atoms with Crippen LogP contribution in [0.2, 0.25) is 0 Å². The molecule has 1 aliphatic heterocycles. The minimum atomic E-state index is -0.288. The average Bonchev–Trinajstić information content (AvgIpc) is 2.94. The molecule has 1 fully saturated rings. The predicted molar refractivity (Wildman–Crippen MR) is 106 cm³/mol. The van der Waals surface area contributed by atoms with Gasteiger partial charge in [-0.3, -0.25) is 9.59 Å². The summed E-state index contributed by atoms with van der Waals surface area (Å²) in [6, 6.07) is 15.0. The van der Waals surface area contributed by atoms with Crippen molar-refractivity contribution in [3.8, 4) is 5.75 Å². The maximum absolute atomic E-state index is 12.7. The van der Waals surface area contributed by atoms with Crippen molar-refractivity contribution in [1.29, 1.82) is 0 Å². The van der Waals surface area contributed by atoms with Crippen molar-refractivity contribution in [1.82, 2.24) is 0 Å². The van der Waals surface area contributed by atoms with Gasteiger partial charge in [0, 0.05) is 0 Å². The van der Waals surface area contributed by atoms with Gasteiger partial charge in [-0.1, -0.05) is 37.6 Å². The summed E-state index contributed by atoms with van der Waals surface area (Å²) in [5.41, 5.74) is 2.65. The van der Waals surface area contributed by atoms with Gasteiger partial charge in [0.1, 0.15) is 5.75 Å². The number of hydrogen-bond donors (Lipinski definition) is 0. The second kappa shape index (κ2) is 8.23. The van der Waals surface area contributed by atoms with Crippen LogP contribution in [0.25, 0.3) is 6.08 Å². The number of ether oxygens (including phenoxy) is 1. The fourth-order valence-corrected chi connectivity index (χ4v) is 3.61. The average molecular weight is 367 g/mol. The van der Waals surface area contributed by atoms with E-state index >= 15 is 0 Å². The summed E-state index contributed by atoms with van der Waals surface area (Å²) < 4.78 is 5.20. The Kier molecular flexibility index (Phi) is 5.78. The number of benzene rings is 2. The molecule has 0 saturated carbocycles. The Balaban J connectivity index is 1.81. The van der Waals surface area contributed by atoms with Crippen LogP contribution in [0.3, 0.4) is 0 Å². The number of rotatable bonds is 6. The van der Waals surface area contributed by atoms with Crippen LogP contribution in [-0.2, 0) is 11.2 Å². The summed E-state index contributed by atoms with van der Waals surface area (Å²) in [6.45, 7) is 2.16. The highest BCUT2D eigenvalue weighted by Gasteiger charge is 2.36. The Hall–Kier alpha value is -2.53. The highest BCUT2D eigenvalue weighted by Crippen LogP contribution is 2.36. The number of hydrogen-bond acceptors (Lipinski definition) is 4. The van der Waals surface area contributed by atoms with E-state index in [1.807, 2.05) is 48.5 Å². The molecule has 0 bridgehead atoms. The first kappa shape index (κ1) is 18.3. The van der Waals surface area contributed by atoms with Gasteiger partial charge in [-0.2, -0.15) is 0 Å². The van der Waals surface area contributed by atoms with Crippen LogP contribution in [0.15, 0.2) is 53.4 Å². The van der Waals surface area contributed by atoms with Gasteiger partial charge in [0.15, 0.2) is 0 Å². The zero-order chi connectivity index (χ0) is 18.5. The van der Waals surface area contributed by atoms with Gasteiger partial charge < -0.3 is 4.74 Å². The van der Waals surface area contributed by atoms with E-state index in [0.717, 1.165) is 36.6 Å². The monoisotopic (exact) mass is 367 g/mol. The molecule has 0 N–H and O–H groups in total. The van der Waals surface area contributed by atoms with E-state index in [1.54, 1.807) is 13.2 Å². The van der Waals surface area contributed by atoms with Crippen LogP contribution in [0.4, 0.5) is 10.5 Å². The Morgan fingerprint density at radius 1 is 1.12 bits per heavy atom. The minimum Gasteiger partial charge on any atom is -0.497 e. The number of anilines is 1. The molecule has 2 aromatic carbocycles. The lowest BCUT2D eigenvalue weighted by molar-refractivity contribution is -0.113. The molecule has 0 spiro atoms. The van der Waals surface area contributed by atoms with Crippen LogP contribution < -0.4 is 9.64 Å². The molecule has 134 valence electrons. The van der Waals surface area contributed by atoms with E-state index in [4.69, 9.17) is 4.74 Å². The maximum Gasteiger partial charge on any atom is 0.298 e. The molecular formula is C21H21NO3S. The van der Waals surface area contributed by atoms with Crippen LogP contribution >= 0.6 is 11.8 Å². The molecular weight excluding hydrogens is 346 g/mol. The molecule has 2 amide bonds. The molecule has 2 aromatic rings. The molecule has 1 heterocycles. The lowest BCUT2D eigenvalue weighted by atomic mass is 10.1. The number of carbonyl (C=O) groups excluding carboxylic acids is 2. The van der Waals surface area contributed by atoms with E-state index in [0.29, 0.717) is 16.3 Å². The van der Waals surface area contributed by atoms with Gasteiger partial charge >= 0.3 is 0 Å². The van der Waals surface area contributed by atoms with Crippen LogP contribution in [0.1, 0.15) is 30.9 Å². The van der Waals surface area contributed by atoms with Gasteiger partial charge in [0.05, 0.1) is 17.7 Å². The van der Waals surface area contributed by atoms with Gasteiger partial charge in [-0.05, 0) is 66.1 Å². The molecule has 0 radical (unpaired) electrons. The molecule has 4 nitrogen and oxygen atoms in total. The molecule has 3 rings (SSSR count). The number of unbranched alkanes of at least 4 members (excludes halogenated alkanes) is 1. The number of aryl methyl sites for hydroxylation is 1. The standard InChI is InChI=1S/C21H21NO3S/c1-3-4-6-15-9-11-17(12-10-15)22-20(23)19(26-21(22)24)14-16-7-5-8-18(13-16)25-2/h5,7-14H,3-4,6H2,1-2H3/b19-14-. The SMILES string of the molecule is CCCCc1ccc(N2C(=O)S/C(=C\c3cccc(OC)c3)C2=O)cc1. The van der Waals surface area contributed by atoms with E-state index in [9.17, 15) is 9.59 Å². The number of methoxy groups -OCH3 is 1. The normalized spacial score (nSPS) is 15.8. The van der Waals surface area contributed by atoms with Crippen molar-refractivity contribution >= 4 is 34.7 Å². The molecule has 0 aromatic heterocycles. The fourth-order valence-electron chi connectivity index (χ4n) is 2.77. The zero-order valence-corrected chi connectivity index (χ0v) is 15.7. The van der Waals surface area contributed by atoms with Crippen molar-refractivity contribution < 1.29 is 14.3 Å². The fraction of sp³-hybridized carbons (Fsp3) is 0.238. The van der Waals surface area contributed by atoms with Crippen molar-refractivity contribution in [2.45, 2.75) is 26.2 Å². The minimum absolute atomic E-state index is 0.273. The summed E-state index contributed by atoms with van der Waals surface area (Å²) in [5, 5.41) is -0.273. The lowest BCUT2D eigenvalue weighted by Crippen LogP contribution is -2.27. The quantitative estimate of drug-likeness (QED) is 0.652. The zero-order valence-electron chi connectivity index (χ0n) is 14.9. The lowest BCUT2D eigenvalue weighted by Gasteiger charge is -2.13. The third-order valence-corrected chi connectivity index (χ3v) is 5.07. The van der Waals surface area contributed by atoms with E-state index in [2.05, 4.69) is 6.92 Å². The van der Waals surface area contributed by atoms with Crippen LogP contribution in [0.5, 0.6) is 5.75 Å². The molecule has 0 aliphatic carbocycles. The van der Waals surface area contributed by atoms with Gasteiger partial charge in [-0.25, -0.2) is 4.90 Å². The Morgan fingerprint density at radius 3 is 2.58 bits per heavy atom. The van der Waals surface area contributed by atoms with Crippen molar-refractivity contribution in [3.63, 3.8) is 0 Å². The topological polar surface area (TPSA) is 46.6 Å². The van der Waals surface area contributed by atoms with Crippen molar-refractivity contribution in [2.75, 3.05) is 12.0 Å². The smallest absolute Gasteiger partial charge is 0.298 e. The number of nitrogens with zero attached hydrogens (tertiary/aromatic N) is 1. The molecule has 5 heteroatoms. The highest BCUT2D eigenvalue weighted by atomic mass is 32.2. The Morgan fingerprint density at radius 2 is 1.88 bits per heavy atom. The van der Waals surface area contributed by atoms with Crippen molar-refractivity contribution in [3.05, 3.63) is 64.6 Å². The van der Waals surface area contributed by atoms with E-state index < -0.39 is 0 Å².